The Morgan fingerprint density at radius 2 is 1.88 bits per heavy atom. The highest BCUT2D eigenvalue weighted by Gasteiger charge is 2.09. The predicted molar refractivity (Wildman–Crippen MR) is 69.4 cm³/mol. The van der Waals surface area contributed by atoms with E-state index in [4.69, 9.17) is 0 Å². The number of carbonyl (C=O) groups is 1. The summed E-state index contributed by atoms with van der Waals surface area (Å²) in [7, 11) is 0. The van der Waals surface area contributed by atoms with E-state index in [1.165, 1.54) is 0 Å². The number of pyridine rings is 1. The Morgan fingerprint density at radius 1 is 1.18 bits per heavy atom. The summed E-state index contributed by atoms with van der Waals surface area (Å²) in [6, 6.07) is 11.6. The van der Waals surface area contributed by atoms with Crippen molar-refractivity contribution in [2.24, 2.45) is 0 Å². The van der Waals surface area contributed by atoms with Gasteiger partial charge >= 0.3 is 0 Å². The van der Waals surface area contributed by atoms with Gasteiger partial charge in [0, 0.05) is 34.2 Å². The van der Waals surface area contributed by atoms with Crippen molar-refractivity contribution >= 4 is 17.5 Å². The summed E-state index contributed by atoms with van der Waals surface area (Å²) in [6.45, 7) is 1.89. The third-order valence-corrected chi connectivity index (χ3v) is 3.47. The number of aromatic nitrogens is 1. The molecule has 1 aromatic heterocycles. The van der Waals surface area contributed by atoms with Crippen molar-refractivity contribution in [3.63, 3.8) is 0 Å². The van der Waals surface area contributed by atoms with Gasteiger partial charge in [-0.1, -0.05) is 36.9 Å². The van der Waals surface area contributed by atoms with Crippen molar-refractivity contribution < 1.29 is 4.79 Å². The largest absolute Gasteiger partial charge is 0.294 e. The molecular weight excluding hydrogens is 230 g/mol. The molecule has 2 aromatic rings. The van der Waals surface area contributed by atoms with Crippen LogP contribution >= 0.6 is 11.8 Å². The zero-order chi connectivity index (χ0) is 12.1. The number of hydrogen-bond acceptors (Lipinski definition) is 3. The van der Waals surface area contributed by atoms with Crippen LogP contribution in [0.5, 0.6) is 0 Å². The highest BCUT2D eigenvalue weighted by Crippen LogP contribution is 2.30. The molecule has 0 radical (unpaired) electrons. The third-order valence-electron chi connectivity index (χ3n) is 2.39. The molecule has 1 heterocycles. The monoisotopic (exact) mass is 243 g/mol. The highest BCUT2D eigenvalue weighted by molar-refractivity contribution is 7.99. The maximum Gasteiger partial charge on any atom is 0.163 e. The smallest absolute Gasteiger partial charge is 0.163 e. The summed E-state index contributed by atoms with van der Waals surface area (Å²) in [4.78, 5) is 17.9. The quantitative estimate of drug-likeness (QED) is 0.764. The molecule has 0 aliphatic heterocycles. The second-order valence-electron chi connectivity index (χ2n) is 3.56. The Labute approximate surface area is 105 Å². The number of rotatable bonds is 4. The summed E-state index contributed by atoms with van der Waals surface area (Å²) >= 11 is 1.60. The standard InChI is InChI=1S/C14H13NOS/c1-2-13(16)12-5-3-4-6-14(12)17-11-7-9-15-10-8-11/h3-10H,2H2,1H3. The Balaban J connectivity index is 2.30. The first-order valence-electron chi connectivity index (χ1n) is 5.51. The lowest BCUT2D eigenvalue weighted by Gasteiger charge is -2.06. The molecule has 0 N–H and O–H groups in total. The van der Waals surface area contributed by atoms with Crippen LogP contribution in [-0.2, 0) is 0 Å². The molecule has 0 atom stereocenters. The van der Waals surface area contributed by atoms with Crippen LogP contribution in [0, 0.1) is 0 Å². The molecule has 2 rings (SSSR count). The molecule has 0 amide bonds. The van der Waals surface area contributed by atoms with Crippen molar-refractivity contribution in [3.05, 3.63) is 54.4 Å². The van der Waals surface area contributed by atoms with E-state index in [0.717, 1.165) is 15.4 Å². The first-order valence-corrected chi connectivity index (χ1v) is 6.33. The zero-order valence-electron chi connectivity index (χ0n) is 9.59. The van der Waals surface area contributed by atoms with Crippen molar-refractivity contribution in [2.75, 3.05) is 0 Å². The van der Waals surface area contributed by atoms with E-state index in [0.29, 0.717) is 6.42 Å². The van der Waals surface area contributed by atoms with Crippen LogP contribution in [0.15, 0.2) is 58.6 Å². The SMILES string of the molecule is CCC(=O)c1ccccc1Sc1ccncc1. The van der Waals surface area contributed by atoms with Gasteiger partial charge in [-0.2, -0.15) is 0 Å². The molecule has 17 heavy (non-hydrogen) atoms. The van der Waals surface area contributed by atoms with Gasteiger partial charge in [-0.3, -0.25) is 9.78 Å². The van der Waals surface area contributed by atoms with Gasteiger partial charge in [0.1, 0.15) is 0 Å². The number of benzene rings is 1. The van der Waals surface area contributed by atoms with E-state index in [-0.39, 0.29) is 5.78 Å². The zero-order valence-corrected chi connectivity index (χ0v) is 10.4. The Kier molecular flexibility index (Phi) is 3.94. The van der Waals surface area contributed by atoms with Crippen molar-refractivity contribution in [1.29, 1.82) is 0 Å². The van der Waals surface area contributed by atoms with Crippen LogP contribution < -0.4 is 0 Å². The fourth-order valence-corrected chi connectivity index (χ4v) is 2.46. The van der Waals surface area contributed by atoms with Crippen LogP contribution in [0.2, 0.25) is 0 Å². The van der Waals surface area contributed by atoms with Crippen molar-refractivity contribution in [1.82, 2.24) is 4.98 Å². The molecule has 0 spiro atoms. The van der Waals surface area contributed by atoms with E-state index in [1.54, 1.807) is 24.2 Å². The molecule has 86 valence electrons. The highest BCUT2D eigenvalue weighted by atomic mass is 32.2. The van der Waals surface area contributed by atoms with Gasteiger partial charge in [0.15, 0.2) is 5.78 Å². The first-order chi connectivity index (χ1) is 8.31. The fourth-order valence-electron chi connectivity index (χ4n) is 1.51. The summed E-state index contributed by atoms with van der Waals surface area (Å²) < 4.78 is 0. The van der Waals surface area contributed by atoms with Gasteiger partial charge in [0.25, 0.3) is 0 Å². The molecule has 3 heteroatoms. The lowest BCUT2D eigenvalue weighted by Crippen LogP contribution is -1.98. The summed E-state index contributed by atoms with van der Waals surface area (Å²) in [5, 5.41) is 0. The molecule has 0 aliphatic carbocycles. The average molecular weight is 243 g/mol. The molecule has 0 unspecified atom stereocenters. The van der Waals surface area contributed by atoms with Crippen molar-refractivity contribution in [3.8, 4) is 0 Å². The summed E-state index contributed by atoms with van der Waals surface area (Å²) in [5.74, 6) is 0.183. The second-order valence-corrected chi connectivity index (χ2v) is 4.67. The van der Waals surface area contributed by atoms with Crippen molar-refractivity contribution in [2.45, 2.75) is 23.1 Å². The number of hydrogen-bond donors (Lipinski definition) is 0. The van der Waals surface area contributed by atoms with Crippen LogP contribution in [-0.4, -0.2) is 10.8 Å². The van der Waals surface area contributed by atoms with Gasteiger partial charge in [0.05, 0.1) is 0 Å². The third kappa shape index (κ3) is 2.94. The molecule has 1 aromatic carbocycles. The van der Waals surface area contributed by atoms with E-state index in [2.05, 4.69) is 4.98 Å². The van der Waals surface area contributed by atoms with Gasteiger partial charge in [-0.05, 0) is 18.2 Å². The molecule has 0 saturated carbocycles. The van der Waals surface area contributed by atoms with E-state index < -0.39 is 0 Å². The van der Waals surface area contributed by atoms with Gasteiger partial charge in [-0.25, -0.2) is 0 Å². The van der Waals surface area contributed by atoms with E-state index in [9.17, 15) is 4.79 Å². The second kappa shape index (κ2) is 5.64. The number of ketones is 1. The van der Waals surface area contributed by atoms with E-state index >= 15 is 0 Å². The molecule has 0 bridgehead atoms. The maximum atomic E-state index is 11.8. The number of Topliss-reactive ketones (excluding diaryl/α,β-unsaturated/α-hetero) is 1. The molecular formula is C14H13NOS. The molecule has 0 fully saturated rings. The summed E-state index contributed by atoms with van der Waals surface area (Å²) in [5.41, 5.74) is 0.803. The number of nitrogens with zero attached hydrogens (tertiary/aromatic N) is 1. The van der Waals surface area contributed by atoms with Crippen LogP contribution in [0.3, 0.4) is 0 Å². The van der Waals surface area contributed by atoms with Crippen LogP contribution in [0.25, 0.3) is 0 Å². The lowest BCUT2D eigenvalue weighted by molar-refractivity contribution is 0.0985. The minimum absolute atomic E-state index is 0.183. The number of carbonyl (C=O) groups excluding carboxylic acids is 1. The average Bonchev–Trinajstić information content (AvgIpc) is 2.40. The minimum atomic E-state index is 0.183. The van der Waals surface area contributed by atoms with Gasteiger partial charge < -0.3 is 0 Å². The predicted octanol–water partition coefficient (Wildman–Crippen LogP) is 3.83. The normalized spacial score (nSPS) is 10.2. The minimum Gasteiger partial charge on any atom is -0.294 e. The molecule has 0 aliphatic rings. The summed E-state index contributed by atoms with van der Waals surface area (Å²) in [6.07, 6.45) is 4.05. The Hall–Kier alpha value is -1.61. The topological polar surface area (TPSA) is 30.0 Å². The lowest BCUT2D eigenvalue weighted by atomic mass is 10.1. The van der Waals surface area contributed by atoms with Gasteiger partial charge in [0.2, 0.25) is 0 Å². The van der Waals surface area contributed by atoms with Crippen LogP contribution in [0.4, 0.5) is 0 Å². The van der Waals surface area contributed by atoms with E-state index in [1.807, 2.05) is 43.3 Å². The molecule has 2 nitrogen and oxygen atoms in total. The van der Waals surface area contributed by atoms with Crippen LogP contribution in [0.1, 0.15) is 23.7 Å². The van der Waals surface area contributed by atoms with Gasteiger partial charge in [-0.15, -0.1) is 0 Å². The Morgan fingerprint density at radius 3 is 2.59 bits per heavy atom. The first kappa shape index (κ1) is 11.9. The maximum absolute atomic E-state index is 11.8. The Bertz CT molecular complexity index is 511. The fraction of sp³-hybridized carbons (Fsp3) is 0.143. The molecule has 0 saturated heterocycles.